The molecule has 0 fully saturated rings. The van der Waals surface area contributed by atoms with Crippen molar-refractivity contribution in [2.75, 3.05) is 6.54 Å². The molecule has 3 heterocycles. The molecule has 4 aromatic rings. The van der Waals surface area contributed by atoms with Gasteiger partial charge in [0, 0.05) is 12.7 Å². The topological polar surface area (TPSA) is 81.9 Å². The van der Waals surface area contributed by atoms with E-state index in [1.807, 2.05) is 0 Å². The van der Waals surface area contributed by atoms with Gasteiger partial charge in [-0.3, -0.25) is 9.48 Å². The van der Waals surface area contributed by atoms with Crippen molar-refractivity contribution < 1.29 is 27.1 Å². The van der Waals surface area contributed by atoms with E-state index in [4.69, 9.17) is 4.74 Å². The van der Waals surface area contributed by atoms with Gasteiger partial charge in [0.15, 0.2) is 5.82 Å². The summed E-state index contributed by atoms with van der Waals surface area (Å²) in [7, 11) is 0. The monoisotopic (exact) mass is 469 g/mol. The van der Waals surface area contributed by atoms with E-state index in [-0.39, 0.29) is 28.8 Å². The molecule has 0 radical (unpaired) electrons. The van der Waals surface area contributed by atoms with Gasteiger partial charge in [0.2, 0.25) is 0 Å². The molecule has 1 aliphatic rings. The van der Waals surface area contributed by atoms with Gasteiger partial charge in [0.25, 0.3) is 5.91 Å². The minimum absolute atomic E-state index is 0.0481. The van der Waals surface area contributed by atoms with Gasteiger partial charge < -0.3 is 10.1 Å². The Labute approximate surface area is 190 Å². The van der Waals surface area contributed by atoms with Crippen LogP contribution in [0.3, 0.4) is 0 Å². The van der Waals surface area contributed by atoms with Crippen LogP contribution in [-0.4, -0.2) is 32.2 Å². The average Bonchev–Trinajstić information content (AvgIpc) is 3.25. The number of alkyl halides is 3. The zero-order valence-corrected chi connectivity index (χ0v) is 17.3. The summed E-state index contributed by atoms with van der Waals surface area (Å²) in [6.07, 6.45) is -3.15. The number of carbonyl (C=O) groups excluding carboxylic acids is 1. The fourth-order valence-electron chi connectivity index (χ4n) is 3.55. The standard InChI is InChI=1S/C23H15F4N5O2/c24-15-5-2-6-19(34-14-4-1-3-13(11-14)23(25,26)27)20(15)21-28-8-7-16(30-21)17-12-18-22(33)29-9-10-32(18)31-17/h1-8,11-12H,9-10H2,(H,29,33). The summed E-state index contributed by atoms with van der Waals surface area (Å²) < 4.78 is 61.2. The fourth-order valence-corrected chi connectivity index (χ4v) is 3.55. The number of hydrogen-bond acceptors (Lipinski definition) is 5. The quantitative estimate of drug-likeness (QED) is 0.438. The molecule has 0 atom stereocenters. The number of benzene rings is 2. The first kappa shape index (κ1) is 21.6. The van der Waals surface area contributed by atoms with E-state index in [1.165, 1.54) is 36.5 Å². The number of nitrogens with zero attached hydrogens (tertiary/aromatic N) is 4. The van der Waals surface area contributed by atoms with Crippen molar-refractivity contribution in [3.05, 3.63) is 77.9 Å². The lowest BCUT2D eigenvalue weighted by Crippen LogP contribution is -2.35. The lowest BCUT2D eigenvalue weighted by Gasteiger charge is -2.13. The van der Waals surface area contributed by atoms with Crippen LogP contribution in [-0.2, 0) is 12.7 Å². The molecule has 1 amide bonds. The highest BCUT2D eigenvalue weighted by molar-refractivity contribution is 5.94. The smallest absolute Gasteiger partial charge is 0.416 e. The second-order valence-electron chi connectivity index (χ2n) is 7.40. The Morgan fingerprint density at radius 2 is 1.85 bits per heavy atom. The largest absolute Gasteiger partial charge is 0.456 e. The Morgan fingerprint density at radius 1 is 1.03 bits per heavy atom. The molecule has 0 spiro atoms. The number of aromatic nitrogens is 4. The van der Waals surface area contributed by atoms with Crippen molar-refractivity contribution in [3.8, 4) is 34.3 Å². The van der Waals surface area contributed by atoms with Gasteiger partial charge in [-0.1, -0.05) is 12.1 Å². The molecule has 7 nitrogen and oxygen atoms in total. The highest BCUT2D eigenvalue weighted by Crippen LogP contribution is 2.37. The van der Waals surface area contributed by atoms with E-state index < -0.39 is 17.6 Å². The number of amides is 1. The average molecular weight is 469 g/mol. The third-order valence-electron chi connectivity index (χ3n) is 5.13. The Kier molecular flexibility index (Phi) is 5.23. The van der Waals surface area contributed by atoms with Crippen LogP contribution in [0.15, 0.2) is 60.8 Å². The van der Waals surface area contributed by atoms with Crippen LogP contribution >= 0.6 is 0 Å². The van der Waals surface area contributed by atoms with E-state index in [1.54, 1.807) is 16.8 Å². The zero-order valence-electron chi connectivity index (χ0n) is 17.3. The fraction of sp³-hybridized carbons (Fsp3) is 0.130. The van der Waals surface area contributed by atoms with Crippen molar-refractivity contribution in [1.29, 1.82) is 0 Å². The van der Waals surface area contributed by atoms with Crippen molar-refractivity contribution in [3.63, 3.8) is 0 Å². The highest BCUT2D eigenvalue weighted by Gasteiger charge is 2.31. The number of carbonyl (C=O) groups is 1. The maximum atomic E-state index is 14.9. The molecule has 0 saturated heterocycles. The first-order valence-corrected chi connectivity index (χ1v) is 10.1. The van der Waals surface area contributed by atoms with Crippen molar-refractivity contribution >= 4 is 5.91 Å². The molecular formula is C23H15F4N5O2. The lowest BCUT2D eigenvalue weighted by atomic mass is 10.1. The predicted octanol–water partition coefficient (Wildman–Crippen LogP) is 4.70. The van der Waals surface area contributed by atoms with Crippen LogP contribution < -0.4 is 10.1 Å². The molecule has 11 heteroatoms. The minimum Gasteiger partial charge on any atom is -0.456 e. The van der Waals surface area contributed by atoms with Gasteiger partial charge >= 0.3 is 6.18 Å². The second-order valence-corrected chi connectivity index (χ2v) is 7.40. The van der Waals surface area contributed by atoms with Gasteiger partial charge in [0.05, 0.1) is 23.4 Å². The summed E-state index contributed by atoms with van der Waals surface area (Å²) in [5.41, 5.74) is 0.0960. The summed E-state index contributed by atoms with van der Waals surface area (Å²) in [6.45, 7) is 0.953. The van der Waals surface area contributed by atoms with Gasteiger partial charge in [-0.25, -0.2) is 14.4 Å². The van der Waals surface area contributed by atoms with Crippen LogP contribution in [0.1, 0.15) is 16.1 Å². The van der Waals surface area contributed by atoms with Crippen molar-refractivity contribution in [2.45, 2.75) is 12.7 Å². The molecule has 0 saturated carbocycles. The molecule has 5 rings (SSSR count). The van der Waals surface area contributed by atoms with E-state index >= 15 is 0 Å². The highest BCUT2D eigenvalue weighted by atomic mass is 19.4. The maximum Gasteiger partial charge on any atom is 0.416 e. The van der Waals surface area contributed by atoms with Crippen LogP contribution in [0.4, 0.5) is 17.6 Å². The predicted molar refractivity (Wildman–Crippen MR) is 112 cm³/mol. The third kappa shape index (κ3) is 4.07. The Balaban J connectivity index is 1.53. The van der Waals surface area contributed by atoms with Crippen LogP contribution in [0.2, 0.25) is 0 Å². The van der Waals surface area contributed by atoms with Gasteiger partial charge in [-0.15, -0.1) is 0 Å². The van der Waals surface area contributed by atoms with E-state index in [0.29, 0.717) is 30.2 Å². The molecule has 2 aromatic heterocycles. The molecule has 34 heavy (non-hydrogen) atoms. The molecule has 1 N–H and O–H groups in total. The molecule has 0 unspecified atom stereocenters. The zero-order chi connectivity index (χ0) is 23.9. The van der Waals surface area contributed by atoms with E-state index in [0.717, 1.165) is 12.1 Å². The molecule has 1 aliphatic heterocycles. The van der Waals surface area contributed by atoms with Gasteiger partial charge in [0.1, 0.15) is 28.7 Å². The number of hydrogen-bond donors (Lipinski definition) is 1. The number of rotatable bonds is 4. The molecule has 2 aromatic carbocycles. The molecule has 172 valence electrons. The first-order chi connectivity index (χ1) is 16.3. The van der Waals surface area contributed by atoms with Crippen molar-refractivity contribution in [2.24, 2.45) is 0 Å². The normalized spacial score (nSPS) is 13.4. The summed E-state index contributed by atoms with van der Waals surface area (Å²) in [6, 6.07) is 11.4. The van der Waals surface area contributed by atoms with E-state index in [2.05, 4.69) is 20.4 Å². The van der Waals surface area contributed by atoms with Gasteiger partial charge in [-0.2, -0.15) is 18.3 Å². The van der Waals surface area contributed by atoms with Crippen molar-refractivity contribution in [1.82, 2.24) is 25.1 Å². The first-order valence-electron chi connectivity index (χ1n) is 10.1. The Bertz CT molecular complexity index is 1400. The number of fused-ring (bicyclic) bond motifs is 1. The summed E-state index contributed by atoms with van der Waals surface area (Å²) in [4.78, 5) is 20.5. The number of halogens is 4. The second kappa shape index (κ2) is 8.25. The SMILES string of the molecule is O=C1NCCn2nc(-c3ccnc(-c4c(F)cccc4Oc4cccc(C(F)(F)F)c4)n3)cc21. The van der Waals surface area contributed by atoms with E-state index in [9.17, 15) is 22.4 Å². The molecular weight excluding hydrogens is 454 g/mol. The van der Waals surface area contributed by atoms with Crippen LogP contribution in [0, 0.1) is 5.82 Å². The number of nitrogens with one attached hydrogen (secondary N) is 1. The molecule has 0 aliphatic carbocycles. The summed E-state index contributed by atoms with van der Waals surface area (Å²) >= 11 is 0. The molecule has 0 bridgehead atoms. The number of ether oxygens (including phenoxy) is 1. The maximum absolute atomic E-state index is 14.9. The Hall–Kier alpha value is -4.28. The third-order valence-corrected chi connectivity index (χ3v) is 5.13. The lowest BCUT2D eigenvalue weighted by molar-refractivity contribution is -0.137. The summed E-state index contributed by atoms with van der Waals surface area (Å²) in [5.74, 6) is -1.20. The van der Waals surface area contributed by atoms with Gasteiger partial charge in [-0.05, 0) is 42.5 Å². The minimum atomic E-state index is -4.55. The summed E-state index contributed by atoms with van der Waals surface area (Å²) in [5, 5.41) is 7.11. The van der Waals surface area contributed by atoms with Crippen LogP contribution in [0.5, 0.6) is 11.5 Å². The Morgan fingerprint density at radius 3 is 2.65 bits per heavy atom. The van der Waals surface area contributed by atoms with Crippen LogP contribution in [0.25, 0.3) is 22.8 Å².